The van der Waals surface area contributed by atoms with E-state index in [2.05, 4.69) is 337 Å². The van der Waals surface area contributed by atoms with Crippen LogP contribution < -0.4 is 21.3 Å². The molecule has 7 heterocycles. The van der Waals surface area contributed by atoms with E-state index in [4.69, 9.17) is 24.9 Å². The van der Waals surface area contributed by atoms with E-state index in [-0.39, 0.29) is 0 Å². The van der Waals surface area contributed by atoms with Crippen LogP contribution in [0.5, 0.6) is 0 Å². The second-order valence-electron chi connectivity index (χ2n) is 35.6. The van der Waals surface area contributed by atoms with Gasteiger partial charge in [0.05, 0.1) is 22.8 Å². The number of hydrogen-bond donors (Lipinski definition) is 4. The number of likely N-dealkylation sites (tertiary alicyclic amines) is 2. The van der Waals surface area contributed by atoms with E-state index in [9.17, 15) is 0 Å². The lowest BCUT2D eigenvalue weighted by Gasteiger charge is -2.33. The molecule has 0 spiro atoms. The topological polar surface area (TPSA) is 167 Å². The van der Waals surface area contributed by atoms with Gasteiger partial charge >= 0.3 is 0 Å². The molecular weight excluding hydrogens is 1560 g/mol. The number of nitrogens with zero attached hydrogens (tertiary/aromatic N) is 13. The molecule has 17 nitrogen and oxygen atoms in total. The normalized spacial score (nSPS) is 18.2. The van der Waals surface area contributed by atoms with Crippen LogP contribution in [0.25, 0.3) is 45.0 Å². The molecule has 0 bridgehead atoms. The molecule has 0 saturated carbocycles. The van der Waals surface area contributed by atoms with Crippen LogP contribution >= 0.6 is 0 Å². The SMILES string of the molecule is CC1CCCCN1CCCNc1ncc2c(n1)-c1ccccc1C(c1ccccc1)C2.CCN(CC)CCCCCNc1ncc2c(n1)-c1ccccc1C(c1ccccc1)C2.CN1CCN(CCCNc2ncc3c(n2)-c2ccccc2C(c2ccccc2)C3)CC1.c1ccc(CN2CCC(Nc3ncc4c(n3)-c3ccccc3C(c3ccccc3)C4)CC2)cc1. The van der Waals surface area contributed by atoms with Crippen LogP contribution in [0.1, 0.15) is 181 Å². The minimum Gasteiger partial charge on any atom is -0.354 e. The minimum atomic E-state index is 0.348. The summed E-state index contributed by atoms with van der Waals surface area (Å²) in [6.07, 6.45) is 24.0. The number of likely N-dealkylation sites (N-methyl/N-ethyl adjacent to an activating group) is 1. The first-order chi connectivity index (χ1) is 62.7. The van der Waals surface area contributed by atoms with E-state index in [1.165, 1.54) is 166 Å². The molecule has 20 rings (SSSR count). The van der Waals surface area contributed by atoms with Crippen molar-refractivity contribution in [3.63, 3.8) is 0 Å². The summed E-state index contributed by atoms with van der Waals surface area (Å²) in [6.45, 7) is 24.5. The molecule has 9 aromatic carbocycles. The first-order valence-electron chi connectivity index (χ1n) is 47.3. The minimum absolute atomic E-state index is 0.348. The first-order valence-corrected chi connectivity index (χ1v) is 47.3. The predicted molar refractivity (Wildman–Crippen MR) is 521 cm³/mol. The molecule has 127 heavy (non-hydrogen) atoms. The fraction of sp³-hybridized carbons (Fsp3) is 0.364. The average Bonchev–Trinajstić information content (AvgIpc) is 0.776. The van der Waals surface area contributed by atoms with Crippen molar-refractivity contribution >= 4 is 23.8 Å². The van der Waals surface area contributed by atoms with Crippen molar-refractivity contribution in [2.75, 3.05) is 126 Å². The maximum Gasteiger partial charge on any atom is 0.223 e. The Morgan fingerprint density at radius 3 is 1.11 bits per heavy atom. The van der Waals surface area contributed by atoms with Gasteiger partial charge in [0.1, 0.15) is 0 Å². The maximum absolute atomic E-state index is 5.03. The second kappa shape index (κ2) is 43.7. The van der Waals surface area contributed by atoms with E-state index in [1.54, 1.807) is 0 Å². The zero-order valence-corrected chi connectivity index (χ0v) is 75.0. The van der Waals surface area contributed by atoms with Gasteiger partial charge in [0.2, 0.25) is 23.8 Å². The lowest BCUT2D eigenvalue weighted by atomic mass is 9.78. The molecule has 17 heteroatoms. The van der Waals surface area contributed by atoms with Gasteiger partial charge in [-0.3, -0.25) is 4.90 Å². The van der Waals surface area contributed by atoms with Gasteiger partial charge in [-0.15, -0.1) is 0 Å². The summed E-state index contributed by atoms with van der Waals surface area (Å²) < 4.78 is 0. The molecule has 5 unspecified atom stereocenters. The molecule has 3 fully saturated rings. The fourth-order valence-corrected chi connectivity index (χ4v) is 20.0. The largest absolute Gasteiger partial charge is 0.354 e. The van der Waals surface area contributed by atoms with Crippen LogP contribution in [-0.4, -0.2) is 182 Å². The summed E-state index contributed by atoms with van der Waals surface area (Å²) in [5, 5.41) is 14.0. The zero-order chi connectivity index (χ0) is 86.3. The van der Waals surface area contributed by atoms with Crippen molar-refractivity contribution in [2.24, 2.45) is 0 Å². The Morgan fingerprint density at radius 2 is 0.709 bits per heavy atom. The van der Waals surface area contributed by atoms with Gasteiger partial charge in [0, 0.05) is 155 Å². The van der Waals surface area contributed by atoms with Gasteiger partial charge in [-0.1, -0.05) is 275 Å². The quantitative estimate of drug-likeness (QED) is 0.0359. The van der Waals surface area contributed by atoms with Crippen molar-refractivity contribution in [1.29, 1.82) is 0 Å². The van der Waals surface area contributed by atoms with Crippen molar-refractivity contribution in [1.82, 2.24) is 64.4 Å². The molecule has 0 radical (unpaired) electrons. The summed E-state index contributed by atoms with van der Waals surface area (Å²) in [5.74, 6) is 4.42. The molecule has 4 aliphatic carbocycles. The molecular formula is C110H127N17. The Kier molecular flexibility index (Phi) is 30.0. The van der Waals surface area contributed by atoms with Crippen molar-refractivity contribution in [3.8, 4) is 45.0 Å². The standard InChI is InChI=1S/C30H30N4.C27H32N4.C27H34N4.C26H31N5/c1-3-9-22(10-4-1)21-34-17-15-25(16-18-34)32-30-31-20-24-19-28(23-11-5-2-6-12-23)26-13-7-8-14-27(26)29(24)33-30;1-20-10-7-8-16-31(20)17-9-15-28-27-29-19-22-18-25(21-11-3-2-4-12-21)23-13-5-6-14-24(23)26(22)30-27;1-3-31(4-2)18-12-6-11-17-28-27-29-20-22-19-25(21-13-7-5-8-14-21)23-15-9-10-16-24(23)26(22)30-27;1-30-14-16-31(17-15-30)13-7-12-27-26-28-19-21-18-24(20-8-3-2-4-9-20)22-10-5-6-11-23(22)25(21)29-26/h1-14,20,25,28H,15-19,21H2,(H,31,32,33);2-6,11-14,19-20,25H,7-10,15-18H2,1H3,(H,28,29,30);5,7-10,13-16,20,25H,3-4,6,11-12,17-19H2,1-2H3,(H,28,29,30);2-6,8-11,19,24H,7,12-18H2,1H3,(H,27,28,29). The Hall–Kier alpha value is -11.7. The van der Waals surface area contributed by atoms with Crippen LogP contribution in [0.3, 0.4) is 0 Å². The molecule has 13 aromatic rings. The summed E-state index contributed by atoms with van der Waals surface area (Å²) in [5.41, 5.74) is 26.5. The van der Waals surface area contributed by atoms with Gasteiger partial charge in [-0.25, -0.2) is 39.9 Å². The van der Waals surface area contributed by atoms with Crippen molar-refractivity contribution in [2.45, 2.75) is 153 Å². The van der Waals surface area contributed by atoms with Crippen LogP contribution in [0.15, 0.2) is 274 Å². The zero-order valence-electron chi connectivity index (χ0n) is 75.0. The molecule has 0 amide bonds. The highest BCUT2D eigenvalue weighted by Crippen LogP contribution is 2.47. The van der Waals surface area contributed by atoms with Crippen LogP contribution in [0, 0.1) is 0 Å². The number of nitrogens with one attached hydrogen (secondary N) is 4. The Labute approximate surface area is 753 Å². The van der Waals surface area contributed by atoms with Crippen LogP contribution in [0.4, 0.5) is 23.8 Å². The number of anilines is 4. The number of fused-ring (bicyclic) bond motifs is 12. The smallest absolute Gasteiger partial charge is 0.223 e. The fourth-order valence-electron chi connectivity index (χ4n) is 20.0. The number of benzene rings is 9. The van der Waals surface area contributed by atoms with Gasteiger partial charge < -0.3 is 40.9 Å². The van der Waals surface area contributed by atoms with Gasteiger partial charge in [-0.2, -0.15) is 0 Å². The van der Waals surface area contributed by atoms with Crippen molar-refractivity contribution < 1.29 is 0 Å². The number of hydrogen-bond acceptors (Lipinski definition) is 17. The maximum atomic E-state index is 5.03. The Balaban J connectivity index is 0.000000119. The molecule has 5 atom stereocenters. The van der Waals surface area contributed by atoms with Crippen molar-refractivity contribution in [3.05, 3.63) is 346 Å². The van der Waals surface area contributed by atoms with Gasteiger partial charge in [-0.05, 0) is 196 Å². The third-order valence-corrected chi connectivity index (χ3v) is 27.2. The monoisotopic (exact) mass is 1690 g/mol. The van der Waals surface area contributed by atoms with Crippen LogP contribution in [0.2, 0.25) is 0 Å². The molecule has 3 saturated heterocycles. The molecule has 652 valence electrons. The highest BCUT2D eigenvalue weighted by atomic mass is 15.2. The third kappa shape index (κ3) is 22.3. The number of unbranched alkanes of at least 4 members (excludes halogenated alkanes) is 2. The molecule has 4 N–H and O–H groups in total. The van der Waals surface area contributed by atoms with E-state index >= 15 is 0 Å². The second-order valence-corrected chi connectivity index (χ2v) is 35.6. The number of piperazine rings is 1. The molecule has 7 aliphatic rings. The van der Waals surface area contributed by atoms with E-state index in [0.717, 1.165) is 176 Å². The number of piperidine rings is 2. The summed E-state index contributed by atoms with van der Waals surface area (Å²) >= 11 is 0. The lowest BCUT2D eigenvalue weighted by molar-refractivity contribution is 0.154. The summed E-state index contributed by atoms with van der Waals surface area (Å²) in [4.78, 5) is 51.1. The summed E-state index contributed by atoms with van der Waals surface area (Å²) in [7, 11) is 2.20. The van der Waals surface area contributed by atoms with E-state index in [0.29, 0.717) is 29.7 Å². The van der Waals surface area contributed by atoms with E-state index in [1.807, 2.05) is 24.8 Å². The molecule has 3 aliphatic heterocycles. The van der Waals surface area contributed by atoms with E-state index < -0.39 is 0 Å². The van der Waals surface area contributed by atoms with Gasteiger partial charge in [0.25, 0.3) is 0 Å². The Morgan fingerprint density at radius 1 is 0.346 bits per heavy atom. The van der Waals surface area contributed by atoms with Gasteiger partial charge in [0.15, 0.2) is 0 Å². The van der Waals surface area contributed by atoms with Crippen LogP contribution in [-0.2, 0) is 32.2 Å². The highest BCUT2D eigenvalue weighted by Gasteiger charge is 2.33. The first kappa shape index (κ1) is 87.4. The average molecular weight is 1690 g/mol. The molecule has 4 aromatic heterocycles. The number of aromatic nitrogens is 8. The Bertz CT molecular complexity index is 5620. The summed E-state index contributed by atoms with van der Waals surface area (Å²) in [6, 6.07) is 89.9. The lowest BCUT2D eigenvalue weighted by Crippen LogP contribution is -2.44. The highest BCUT2D eigenvalue weighted by molar-refractivity contribution is 5.76. The third-order valence-electron chi connectivity index (χ3n) is 27.2. The number of rotatable bonds is 27. The predicted octanol–water partition coefficient (Wildman–Crippen LogP) is 21.1.